The Hall–Kier alpha value is -1.12. The molecule has 0 spiro atoms. The first-order valence-corrected chi connectivity index (χ1v) is 7.55. The van der Waals surface area contributed by atoms with E-state index in [2.05, 4.69) is 62.0 Å². The van der Waals surface area contributed by atoms with E-state index in [9.17, 15) is 0 Å². The summed E-state index contributed by atoms with van der Waals surface area (Å²) >= 11 is 3.88. The molecule has 90 valence electrons. The largest absolute Gasteiger partial charge is 0.102 e. The van der Waals surface area contributed by atoms with E-state index < -0.39 is 0 Å². The molecule has 1 heterocycles. The SMILES string of the molecule is C=Cc1ccc2c(c1)SC(C)(c1ccccc1)S2. The van der Waals surface area contributed by atoms with Gasteiger partial charge in [0.1, 0.15) is 0 Å². The lowest BCUT2D eigenvalue weighted by Gasteiger charge is -2.21. The van der Waals surface area contributed by atoms with Crippen LogP contribution in [0.4, 0.5) is 0 Å². The third-order valence-corrected chi connectivity index (χ3v) is 6.12. The van der Waals surface area contributed by atoms with Gasteiger partial charge in [-0.05, 0) is 30.2 Å². The van der Waals surface area contributed by atoms with Crippen LogP contribution < -0.4 is 0 Å². The Morgan fingerprint density at radius 3 is 2.44 bits per heavy atom. The molecule has 2 aromatic rings. The van der Waals surface area contributed by atoms with Crippen molar-refractivity contribution >= 4 is 29.6 Å². The molecule has 1 aliphatic heterocycles. The molecule has 18 heavy (non-hydrogen) atoms. The molecule has 1 aliphatic rings. The molecule has 0 bridgehead atoms. The first-order chi connectivity index (χ1) is 8.71. The van der Waals surface area contributed by atoms with Crippen LogP contribution in [-0.2, 0) is 4.08 Å². The van der Waals surface area contributed by atoms with E-state index in [1.807, 2.05) is 29.6 Å². The van der Waals surface area contributed by atoms with Gasteiger partial charge in [-0.25, -0.2) is 0 Å². The highest BCUT2D eigenvalue weighted by atomic mass is 32.2. The molecule has 3 rings (SSSR count). The van der Waals surface area contributed by atoms with E-state index in [0.717, 1.165) is 0 Å². The minimum Gasteiger partial charge on any atom is -0.102 e. The summed E-state index contributed by atoms with van der Waals surface area (Å²) in [5.74, 6) is 0. The molecular formula is C16H14S2. The van der Waals surface area contributed by atoms with Gasteiger partial charge in [0.2, 0.25) is 0 Å². The summed E-state index contributed by atoms with van der Waals surface area (Å²) in [5.41, 5.74) is 2.57. The molecule has 0 aromatic heterocycles. The van der Waals surface area contributed by atoms with E-state index in [1.165, 1.54) is 20.9 Å². The molecule has 2 aromatic carbocycles. The lowest BCUT2D eigenvalue weighted by atomic mass is 10.2. The average Bonchev–Trinajstić information content (AvgIpc) is 2.76. The predicted octanol–water partition coefficient (Wildman–Crippen LogP) is 5.40. The summed E-state index contributed by atoms with van der Waals surface area (Å²) < 4.78 is 0.0867. The Bertz CT molecular complexity index is 589. The normalized spacial score (nSPS) is 21.6. The Morgan fingerprint density at radius 1 is 1.00 bits per heavy atom. The lowest BCUT2D eigenvalue weighted by molar-refractivity contribution is 1.02. The van der Waals surface area contributed by atoms with Crippen LogP contribution in [-0.4, -0.2) is 0 Å². The zero-order valence-electron chi connectivity index (χ0n) is 10.2. The van der Waals surface area contributed by atoms with Crippen LogP contribution >= 0.6 is 23.5 Å². The maximum absolute atomic E-state index is 3.83. The minimum atomic E-state index is 0.0867. The summed E-state index contributed by atoms with van der Waals surface area (Å²) in [6, 6.07) is 17.3. The fourth-order valence-electron chi connectivity index (χ4n) is 2.11. The van der Waals surface area contributed by atoms with Gasteiger partial charge in [-0.15, -0.1) is 23.5 Å². The number of rotatable bonds is 2. The number of fused-ring (bicyclic) bond motifs is 1. The van der Waals surface area contributed by atoms with Gasteiger partial charge in [0.15, 0.2) is 0 Å². The second kappa shape index (κ2) is 4.52. The molecule has 1 unspecified atom stereocenters. The number of thioether (sulfide) groups is 2. The fourth-order valence-corrected chi connectivity index (χ4v) is 5.08. The van der Waals surface area contributed by atoms with Crippen LogP contribution in [0.5, 0.6) is 0 Å². The molecule has 0 saturated heterocycles. The van der Waals surface area contributed by atoms with Crippen molar-refractivity contribution in [1.29, 1.82) is 0 Å². The quantitative estimate of drug-likeness (QED) is 0.716. The van der Waals surface area contributed by atoms with Crippen LogP contribution in [0.25, 0.3) is 6.08 Å². The molecule has 0 saturated carbocycles. The standard InChI is InChI=1S/C16H14S2/c1-3-12-9-10-14-15(11-12)18-16(2,17-14)13-7-5-4-6-8-13/h3-11H,1H2,2H3. The Balaban J connectivity index is 1.99. The average molecular weight is 270 g/mol. The predicted molar refractivity (Wildman–Crippen MR) is 82.0 cm³/mol. The molecule has 0 radical (unpaired) electrons. The molecule has 0 fully saturated rings. The number of hydrogen-bond donors (Lipinski definition) is 0. The first-order valence-electron chi connectivity index (χ1n) is 5.91. The van der Waals surface area contributed by atoms with Crippen molar-refractivity contribution in [2.75, 3.05) is 0 Å². The highest BCUT2D eigenvalue weighted by Crippen LogP contribution is 2.61. The zero-order valence-corrected chi connectivity index (χ0v) is 11.9. The van der Waals surface area contributed by atoms with Crippen molar-refractivity contribution in [2.45, 2.75) is 20.8 Å². The smallest absolute Gasteiger partial charge is 0.0925 e. The van der Waals surface area contributed by atoms with E-state index in [-0.39, 0.29) is 4.08 Å². The van der Waals surface area contributed by atoms with Gasteiger partial charge in [0, 0.05) is 9.79 Å². The van der Waals surface area contributed by atoms with Crippen molar-refractivity contribution in [1.82, 2.24) is 0 Å². The van der Waals surface area contributed by atoms with Crippen molar-refractivity contribution in [3.8, 4) is 0 Å². The van der Waals surface area contributed by atoms with Crippen molar-refractivity contribution in [3.05, 3.63) is 66.2 Å². The lowest BCUT2D eigenvalue weighted by Crippen LogP contribution is -2.07. The van der Waals surface area contributed by atoms with Gasteiger partial charge in [-0.3, -0.25) is 0 Å². The molecule has 0 amide bonds. The molecule has 1 atom stereocenters. The second-order valence-electron chi connectivity index (χ2n) is 4.43. The van der Waals surface area contributed by atoms with Gasteiger partial charge in [0.25, 0.3) is 0 Å². The number of hydrogen-bond acceptors (Lipinski definition) is 2. The van der Waals surface area contributed by atoms with Gasteiger partial charge in [-0.2, -0.15) is 0 Å². The Morgan fingerprint density at radius 2 is 1.72 bits per heavy atom. The highest BCUT2D eigenvalue weighted by Gasteiger charge is 2.36. The second-order valence-corrected chi connectivity index (χ2v) is 7.61. The monoisotopic (exact) mass is 270 g/mol. The fraction of sp³-hybridized carbons (Fsp3) is 0.125. The van der Waals surface area contributed by atoms with Gasteiger partial charge in [0.05, 0.1) is 4.08 Å². The van der Waals surface area contributed by atoms with Gasteiger partial charge >= 0.3 is 0 Å². The minimum absolute atomic E-state index is 0.0867. The number of benzene rings is 2. The first kappa shape index (κ1) is 11.9. The van der Waals surface area contributed by atoms with E-state index in [4.69, 9.17) is 0 Å². The Kier molecular flexibility index (Phi) is 3.00. The summed E-state index contributed by atoms with van der Waals surface area (Å²) in [7, 11) is 0. The Labute approximate surface area is 116 Å². The molecule has 0 N–H and O–H groups in total. The van der Waals surface area contributed by atoms with Crippen molar-refractivity contribution < 1.29 is 0 Å². The molecule has 0 aliphatic carbocycles. The molecule has 2 heteroatoms. The maximum atomic E-state index is 3.83. The maximum Gasteiger partial charge on any atom is 0.0925 e. The van der Waals surface area contributed by atoms with Crippen molar-refractivity contribution in [2.24, 2.45) is 0 Å². The van der Waals surface area contributed by atoms with Crippen LogP contribution in [0.1, 0.15) is 18.1 Å². The summed E-state index contributed by atoms with van der Waals surface area (Å²) in [5, 5.41) is 0. The summed E-state index contributed by atoms with van der Waals surface area (Å²) in [6.07, 6.45) is 1.91. The zero-order chi connectivity index (χ0) is 12.6. The van der Waals surface area contributed by atoms with Crippen LogP contribution in [0.15, 0.2) is 64.9 Å². The molecular weight excluding hydrogens is 256 g/mol. The van der Waals surface area contributed by atoms with Crippen LogP contribution in [0.3, 0.4) is 0 Å². The summed E-state index contributed by atoms with van der Waals surface area (Å²) in [6.45, 7) is 6.13. The summed E-state index contributed by atoms with van der Waals surface area (Å²) in [4.78, 5) is 2.74. The van der Waals surface area contributed by atoms with E-state index >= 15 is 0 Å². The van der Waals surface area contributed by atoms with Gasteiger partial charge in [-0.1, -0.05) is 49.1 Å². The van der Waals surface area contributed by atoms with E-state index in [0.29, 0.717) is 0 Å². The van der Waals surface area contributed by atoms with Gasteiger partial charge < -0.3 is 0 Å². The van der Waals surface area contributed by atoms with E-state index in [1.54, 1.807) is 0 Å². The highest BCUT2D eigenvalue weighted by molar-refractivity contribution is 8.20. The third-order valence-electron chi connectivity index (χ3n) is 3.11. The molecule has 0 nitrogen and oxygen atoms in total. The van der Waals surface area contributed by atoms with Crippen molar-refractivity contribution in [3.63, 3.8) is 0 Å². The van der Waals surface area contributed by atoms with Crippen LogP contribution in [0, 0.1) is 0 Å². The topological polar surface area (TPSA) is 0 Å². The third kappa shape index (κ3) is 2.00. The van der Waals surface area contributed by atoms with Crippen LogP contribution in [0.2, 0.25) is 0 Å².